The van der Waals surface area contributed by atoms with Gasteiger partial charge >= 0.3 is 17.9 Å². The van der Waals surface area contributed by atoms with E-state index in [-0.39, 0.29) is 31.1 Å². The van der Waals surface area contributed by atoms with Crippen LogP contribution >= 0.6 is 0 Å². The van der Waals surface area contributed by atoms with Gasteiger partial charge < -0.3 is 14.2 Å². The predicted molar refractivity (Wildman–Crippen MR) is 196 cm³/mol. The molecule has 0 fully saturated rings. The summed E-state index contributed by atoms with van der Waals surface area (Å²) in [6.45, 7) is 8.87. The lowest BCUT2D eigenvalue weighted by Crippen LogP contribution is -2.30. The molecule has 0 aromatic carbocycles. The maximum absolute atomic E-state index is 12.5. The number of carbonyl (C=O) groups excluding carboxylic acids is 3. The van der Waals surface area contributed by atoms with E-state index in [4.69, 9.17) is 14.2 Å². The van der Waals surface area contributed by atoms with Crippen molar-refractivity contribution in [2.24, 2.45) is 5.92 Å². The fraction of sp³-hybridized carbons (Fsp3) is 0.927. The van der Waals surface area contributed by atoms with Crippen LogP contribution in [-0.2, 0) is 28.6 Å². The van der Waals surface area contributed by atoms with Crippen molar-refractivity contribution in [2.45, 2.75) is 226 Å². The molecule has 0 rings (SSSR count). The Balaban J connectivity index is 4.20. The Kier molecular flexibility index (Phi) is 34.5. The number of esters is 3. The highest BCUT2D eigenvalue weighted by molar-refractivity contribution is 5.71. The number of hydrogen-bond donors (Lipinski definition) is 0. The van der Waals surface area contributed by atoms with Crippen molar-refractivity contribution >= 4 is 17.9 Å². The monoisotopic (exact) mass is 667 g/mol. The number of rotatable bonds is 36. The van der Waals surface area contributed by atoms with E-state index >= 15 is 0 Å². The van der Waals surface area contributed by atoms with Gasteiger partial charge in [-0.05, 0) is 25.2 Å². The van der Waals surface area contributed by atoms with E-state index in [1.165, 1.54) is 109 Å². The molecular weight excluding hydrogens is 588 g/mol. The highest BCUT2D eigenvalue weighted by Gasteiger charge is 2.19. The average Bonchev–Trinajstić information content (AvgIpc) is 3.05. The van der Waals surface area contributed by atoms with E-state index < -0.39 is 6.10 Å². The van der Waals surface area contributed by atoms with Gasteiger partial charge in [0.25, 0.3) is 0 Å². The van der Waals surface area contributed by atoms with Crippen molar-refractivity contribution in [3.63, 3.8) is 0 Å². The molecule has 0 aliphatic rings. The summed E-state index contributed by atoms with van der Waals surface area (Å²) in [6, 6.07) is 0. The lowest BCUT2D eigenvalue weighted by molar-refractivity contribution is -0.167. The fourth-order valence-corrected chi connectivity index (χ4v) is 5.92. The normalized spacial score (nSPS) is 11.9. The first kappa shape index (κ1) is 45.4. The van der Waals surface area contributed by atoms with Crippen LogP contribution in [0.25, 0.3) is 0 Å². The SMILES string of the molecule is CCCCCCCCCCCCCCC(=O)OC[C@H](COC(=O)CCCCCCCCCCCC(C)C)OC(=O)CCCCCCC. The molecular formula is C41H78O6. The van der Waals surface area contributed by atoms with Crippen molar-refractivity contribution in [3.05, 3.63) is 0 Å². The van der Waals surface area contributed by atoms with Gasteiger partial charge in [-0.15, -0.1) is 0 Å². The zero-order valence-electron chi connectivity index (χ0n) is 31.7. The lowest BCUT2D eigenvalue weighted by Gasteiger charge is -2.18. The lowest BCUT2D eigenvalue weighted by atomic mass is 10.0. The average molecular weight is 667 g/mol. The summed E-state index contributed by atoms with van der Waals surface area (Å²) in [6.07, 6.45) is 32.6. The van der Waals surface area contributed by atoms with Gasteiger partial charge in [0.1, 0.15) is 13.2 Å². The predicted octanol–water partition coefficient (Wildman–Crippen LogP) is 12.4. The minimum Gasteiger partial charge on any atom is -0.462 e. The van der Waals surface area contributed by atoms with Crippen molar-refractivity contribution in [2.75, 3.05) is 13.2 Å². The summed E-state index contributed by atoms with van der Waals surface area (Å²) in [4.78, 5) is 37.3. The number of unbranched alkanes of at least 4 members (excludes halogenated alkanes) is 23. The van der Waals surface area contributed by atoms with Crippen LogP contribution in [0.1, 0.15) is 220 Å². The molecule has 0 spiro atoms. The molecule has 0 radical (unpaired) electrons. The molecule has 6 heteroatoms. The van der Waals surface area contributed by atoms with Crippen LogP contribution in [0.5, 0.6) is 0 Å². The number of carbonyl (C=O) groups is 3. The third-order valence-electron chi connectivity index (χ3n) is 9.04. The summed E-state index contributed by atoms with van der Waals surface area (Å²) >= 11 is 0. The van der Waals surface area contributed by atoms with Crippen LogP contribution in [0.3, 0.4) is 0 Å². The van der Waals surface area contributed by atoms with Crippen LogP contribution in [0.15, 0.2) is 0 Å². The second-order valence-electron chi connectivity index (χ2n) is 14.4. The maximum Gasteiger partial charge on any atom is 0.306 e. The molecule has 0 aromatic rings. The fourth-order valence-electron chi connectivity index (χ4n) is 5.92. The molecule has 47 heavy (non-hydrogen) atoms. The van der Waals surface area contributed by atoms with Crippen molar-refractivity contribution in [1.82, 2.24) is 0 Å². The van der Waals surface area contributed by atoms with E-state index in [0.29, 0.717) is 19.3 Å². The Labute approximate surface area is 291 Å². The van der Waals surface area contributed by atoms with E-state index in [1.807, 2.05) is 0 Å². The summed E-state index contributed by atoms with van der Waals surface area (Å²) in [5.41, 5.74) is 0. The highest BCUT2D eigenvalue weighted by Crippen LogP contribution is 2.15. The summed E-state index contributed by atoms with van der Waals surface area (Å²) in [5.74, 6) is -0.0679. The molecule has 0 unspecified atom stereocenters. The minimum absolute atomic E-state index is 0.0661. The molecule has 0 heterocycles. The number of ether oxygens (including phenoxy) is 3. The first-order chi connectivity index (χ1) is 22.9. The Bertz CT molecular complexity index is 706. The maximum atomic E-state index is 12.5. The van der Waals surface area contributed by atoms with Crippen molar-refractivity contribution in [1.29, 1.82) is 0 Å². The van der Waals surface area contributed by atoms with Gasteiger partial charge in [-0.2, -0.15) is 0 Å². The second-order valence-corrected chi connectivity index (χ2v) is 14.4. The summed E-state index contributed by atoms with van der Waals surface area (Å²) < 4.78 is 16.5. The molecule has 0 aliphatic carbocycles. The third kappa shape index (κ3) is 35.5. The van der Waals surface area contributed by atoms with Crippen molar-refractivity contribution in [3.8, 4) is 0 Å². The van der Waals surface area contributed by atoms with Crippen molar-refractivity contribution < 1.29 is 28.6 Å². The van der Waals surface area contributed by atoms with Gasteiger partial charge in [0, 0.05) is 19.3 Å². The zero-order chi connectivity index (χ0) is 34.6. The molecule has 6 nitrogen and oxygen atoms in total. The molecule has 0 aromatic heterocycles. The standard InChI is InChI=1S/C41H78O6/c1-5-7-9-11-12-13-14-15-18-21-25-28-32-39(42)45-35-38(47-41(44)34-30-23-10-8-6-2)36-46-40(43)33-29-26-22-19-16-17-20-24-27-31-37(3)4/h37-38H,5-36H2,1-4H3/t38-/m1/s1. The van der Waals surface area contributed by atoms with Gasteiger partial charge in [0.05, 0.1) is 0 Å². The first-order valence-electron chi connectivity index (χ1n) is 20.4. The van der Waals surface area contributed by atoms with Crippen LogP contribution in [0.4, 0.5) is 0 Å². The van der Waals surface area contributed by atoms with E-state index in [1.54, 1.807) is 0 Å². The minimum atomic E-state index is -0.756. The van der Waals surface area contributed by atoms with Gasteiger partial charge in [-0.25, -0.2) is 0 Å². The zero-order valence-corrected chi connectivity index (χ0v) is 31.7. The molecule has 278 valence electrons. The number of hydrogen-bond acceptors (Lipinski definition) is 6. The largest absolute Gasteiger partial charge is 0.462 e. The van der Waals surface area contributed by atoms with E-state index in [9.17, 15) is 14.4 Å². The van der Waals surface area contributed by atoms with Gasteiger partial charge in [-0.1, -0.05) is 182 Å². The molecule has 0 amide bonds. The molecule has 0 aliphatic heterocycles. The molecule has 0 N–H and O–H groups in total. The topological polar surface area (TPSA) is 78.9 Å². The Morgan fingerprint density at radius 2 is 0.702 bits per heavy atom. The van der Waals surface area contributed by atoms with Gasteiger partial charge in [0.15, 0.2) is 6.10 Å². The third-order valence-corrected chi connectivity index (χ3v) is 9.04. The van der Waals surface area contributed by atoms with E-state index in [2.05, 4.69) is 27.7 Å². The molecule has 1 atom stereocenters. The smallest absolute Gasteiger partial charge is 0.306 e. The van der Waals surface area contributed by atoms with Crippen LogP contribution < -0.4 is 0 Å². The highest BCUT2D eigenvalue weighted by atomic mass is 16.6. The van der Waals surface area contributed by atoms with Gasteiger partial charge in [-0.3, -0.25) is 14.4 Å². The molecule has 0 saturated carbocycles. The van der Waals surface area contributed by atoms with E-state index in [0.717, 1.165) is 70.1 Å². The summed E-state index contributed by atoms with van der Waals surface area (Å²) in [5, 5.41) is 0. The first-order valence-corrected chi connectivity index (χ1v) is 20.4. The summed E-state index contributed by atoms with van der Waals surface area (Å²) in [7, 11) is 0. The van der Waals surface area contributed by atoms with Gasteiger partial charge in [0.2, 0.25) is 0 Å². The molecule has 0 saturated heterocycles. The second kappa shape index (κ2) is 35.7. The quantitative estimate of drug-likeness (QED) is 0.0376. The Hall–Kier alpha value is -1.59. The Morgan fingerprint density at radius 1 is 0.404 bits per heavy atom. The molecule has 0 bridgehead atoms. The van der Waals surface area contributed by atoms with Crippen LogP contribution in [0.2, 0.25) is 0 Å². The van der Waals surface area contributed by atoms with Crippen LogP contribution in [0, 0.1) is 5.92 Å². The Morgan fingerprint density at radius 3 is 1.04 bits per heavy atom. The van der Waals surface area contributed by atoms with Crippen LogP contribution in [-0.4, -0.2) is 37.2 Å².